The average Bonchev–Trinajstić information content (AvgIpc) is 3.03. The Kier molecular flexibility index (Phi) is 5.15. The summed E-state index contributed by atoms with van der Waals surface area (Å²) in [5.74, 6) is 0.213. The predicted molar refractivity (Wildman–Crippen MR) is 87.4 cm³/mol. The number of amides is 2. The van der Waals surface area contributed by atoms with E-state index in [9.17, 15) is 9.59 Å². The summed E-state index contributed by atoms with van der Waals surface area (Å²) in [5.41, 5.74) is 3.04. The predicted octanol–water partition coefficient (Wildman–Crippen LogP) is 1.99. The van der Waals surface area contributed by atoms with Crippen LogP contribution in [0.2, 0.25) is 0 Å². The molecule has 0 saturated carbocycles. The summed E-state index contributed by atoms with van der Waals surface area (Å²) in [6.07, 6.45) is 3.93. The first kappa shape index (κ1) is 16.2. The van der Waals surface area contributed by atoms with Crippen LogP contribution < -0.4 is 5.32 Å². The highest BCUT2D eigenvalue weighted by Gasteiger charge is 2.29. The summed E-state index contributed by atoms with van der Waals surface area (Å²) in [6.45, 7) is 3.50. The Morgan fingerprint density at radius 3 is 2.91 bits per heavy atom. The lowest BCUT2D eigenvalue weighted by Crippen LogP contribution is -2.48. The second-order valence-corrected chi connectivity index (χ2v) is 7.07. The van der Waals surface area contributed by atoms with Crippen LogP contribution in [0.1, 0.15) is 36.8 Å². The maximum Gasteiger partial charge on any atom is 0.409 e. The van der Waals surface area contributed by atoms with Gasteiger partial charge in [-0.15, -0.1) is 11.3 Å². The van der Waals surface area contributed by atoms with Crippen LogP contribution in [0.3, 0.4) is 0 Å². The Morgan fingerprint density at radius 2 is 2.17 bits per heavy atom. The van der Waals surface area contributed by atoms with E-state index in [0.717, 1.165) is 32.1 Å². The molecule has 0 spiro atoms. The minimum Gasteiger partial charge on any atom is -0.450 e. The number of hydrogen-bond donors (Lipinski definition) is 1. The molecule has 126 valence electrons. The molecule has 0 bridgehead atoms. The molecule has 3 rings (SSSR count). The number of aromatic nitrogens is 1. The molecule has 1 N–H and O–H groups in total. The third-order valence-electron chi connectivity index (χ3n) is 4.62. The first-order chi connectivity index (χ1) is 11.2. The van der Waals surface area contributed by atoms with Gasteiger partial charge in [-0.25, -0.2) is 9.78 Å². The van der Waals surface area contributed by atoms with Crippen molar-refractivity contribution in [3.63, 3.8) is 0 Å². The average molecular weight is 337 g/mol. The van der Waals surface area contributed by atoms with Gasteiger partial charge in [-0.1, -0.05) is 0 Å². The molecule has 2 amide bonds. The minimum atomic E-state index is -0.248. The molecule has 0 aromatic carbocycles. The number of piperidine rings is 1. The van der Waals surface area contributed by atoms with Gasteiger partial charge >= 0.3 is 6.09 Å². The van der Waals surface area contributed by atoms with Gasteiger partial charge in [0, 0.05) is 29.9 Å². The van der Waals surface area contributed by atoms with Gasteiger partial charge in [-0.05, 0) is 39.0 Å². The zero-order valence-electron chi connectivity index (χ0n) is 13.4. The fraction of sp³-hybridized carbons (Fsp3) is 0.688. The van der Waals surface area contributed by atoms with Gasteiger partial charge in [0.1, 0.15) is 0 Å². The molecule has 1 aromatic heterocycles. The number of carbonyl (C=O) groups excluding carboxylic acids is 2. The van der Waals surface area contributed by atoms with E-state index in [0.29, 0.717) is 19.7 Å². The van der Waals surface area contributed by atoms with Crippen molar-refractivity contribution in [3.8, 4) is 0 Å². The highest BCUT2D eigenvalue weighted by Crippen LogP contribution is 2.28. The fourth-order valence-electron chi connectivity index (χ4n) is 3.26. The summed E-state index contributed by atoms with van der Waals surface area (Å²) in [7, 11) is 0. The zero-order valence-corrected chi connectivity index (χ0v) is 14.2. The van der Waals surface area contributed by atoms with Crippen LogP contribution >= 0.6 is 11.3 Å². The molecule has 1 unspecified atom stereocenters. The van der Waals surface area contributed by atoms with Crippen molar-refractivity contribution in [2.45, 2.75) is 45.1 Å². The molecule has 7 heteroatoms. The molecular weight excluding hydrogens is 314 g/mol. The van der Waals surface area contributed by atoms with E-state index >= 15 is 0 Å². The van der Waals surface area contributed by atoms with Crippen LogP contribution in [0.15, 0.2) is 5.51 Å². The van der Waals surface area contributed by atoms with Crippen molar-refractivity contribution < 1.29 is 14.3 Å². The second-order valence-electron chi connectivity index (χ2n) is 6.13. The monoisotopic (exact) mass is 337 g/mol. The van der Waals surface area contributed by atoms with Crippen molar-refractivity contribution in [2.24, 2.45) is 5.92 Å². The standard InChI is InChI=1S/C16H23N3O3S/c1-2-22-16(21)19-7-5-12(6-8-19)18-15(20)11-3-4-13-14(9-11)23-10-17-13/h10-12H,2-9H2,1H3,(H,18,20). The molecular formula is C16H23N3O3S. The largest absolute Gasteiger partial charge is 0.450 e. The molecule has 6 nitrogen and oxygen atoms in total. The van der Waals surface area contributed by atoms with Gasteiger partial charge in [-0.3, -0.25) is 4.79 Å². The fourth-order valence-corrected chi connectivity index (χ4v) is 4.16. The lowest BCUT2D eigenvalue weighted by atomic mass is 9.90. The maximum atomic E-state index is 12.5. The number of thiazole rings is 1. The van der Waals surface area contributed by atoms with Crippen LogP contribution in [-0.2, 0) is 22.4 Å². The molecule has 1 atom stereocenters. The molecule has 1 saturated heterocycles. The number of hydrogen-bond acceptors (Lipinski definition) is 5. The first-order valence-corrected chi connectivity index (χ1v) is 9.18. The summed E-state index contributed by atoms with van der Waals surface area (Å²) in [5, 5.41) is 3.17. The Morgan fingerprint density at radius 1 is 1.39 bits per heavy atom. The third kappa shape index (κ3) is 3.83. The SMILES string of the molecule is CCOC(=O)N1CCC(NC(=O)C2CCc3ncsc3C2)CC1. The topological polar surface area (TPSA) is 71.5 Å². The highest BCUT2D eigenvalue weighted by atomic mass is 32.1. The van der Waals surface area contributed by atoms with Crippen LogP contribution in [0.5, 0.6) is 0 Å². The van der Waals surface area contributed by atoms with Crippen molar-refractivity contribution in [2.75, 3.05) is 19.7 Å². The Balaban J connectivity index is 1.46. The molecule has 23 heavy (non-hydrogen) atoms. The number of rotatable bonds is 3. The number of ether oxygens (including phenoxy) is 1. The van der Waals surface area contributed by atoms with Gasteiger partial charge in [0.2, 0.25) is 5.91 Å². The summed E-state index contributed by atoms with van der Waals surface area (Å²) in [6, 6.07) is 0.163. The number of nitrogens with one attached hydrogen (secondary N) is 1. The lowest BCUT2D eigenvalue weighted by Gasteiger charge is -2.32. The summed E-state index contributed by atoms with van der Waals surface area (Å²) in [4.78, 5) is 31.5. The molecule has 1 aliphatic carbocycles. The number of likely N-dealkylation sites (tertiary alicyclic amines) is 1. The van der Waals surface area contributed by atoms with Crippen molar-refractivity contribution in [1.29, 1.82) is 0 Å². The lowest BCUT2D eigenvalue weighted by molar-refractivity contribution is -0.126. The second kappa shape index (κ2) is 7.29. The quantitative estimate of drug-likeness (QED) is 0.915. The summed E-state index contributed by atoms with van der Waals surface area (Å²) < 4.78 is 5.01. The molecule has 2 heterocycles. The van der Waals surface area contributed by atoms with Crippen molar-refractivity contribution >= 4 is 23.3 Å². The molecule has 0 radical (unpaired) electrons. The van der Waals surface area contributed by atoms with Crippen LogP contribution in [0, 0.1) is 5.92 Å². The molecule has 1 fully saturated rings. The van der Waals surface area contributed by atoms with E-state index in [1.807, 2.05) is 12.4 Å². The van der Waals surface area contributed by atoms with Gasteiger partial charge in [0.05, 0.1) is 17.8 Å². The Bertz CT molecular complexity index is 567. The highest BCUT2D eigenvalue weighted by molar-refractivity contribution is 7.09. The van der Waals surface area contributed by atoms with Crippen LogP contribution in [0.4, 0.5) is 4.79 Å². The van der Waals surface area contributed by atoms with E-state index in [-0.39, 0.29) is 24.0 Å². The third-order valence-corrected chi connectivity index (χ3v) is 5.52. The maximum absolute atomic E-state index is 12.5. The van der Waals surface area contributed by atoms with Crippen molar-refractivity contribution in [1.82, 2.24) is 15.2 Å². The Labute approximate surface area is 140 Å². The molecule has 2 aliphatic rings. The van der Waals surface area contributed by atoms with E-state index in [1.54, 1.807) is 16.2 Å². The molecule has 1 aromatic rings. The number of fused-ring (bicyclic) bond motifs is 1. The normalized spacial score (nSPS) is 21.6. The van der Waals surface area contributed by atoms with Gasteiger partial charge in [0.15, 0.2) is 0 Å². The van der Waals surface area contributed by atoms with E-state index in [2.05, 4.69) is 10.3 Å². The number of nitrogens with zero attached hydrogens (tertiary/aromatic N) is 2. The van der Waals surface area contributed by atoms with Gasteiger partial charge in [-0.2, -0.15) is 0 Å². The van der Waals surface area contributed by atoms with Crippen LogP contribution in [-0.4, -0.2) is 47.6 Å². The summed E-state index contributed by atoms with van der Waals surface area (Å²) >= 11 is 1.65. The first-order valence-electron chi connectivity index (χ1n) is 8.30. The zero-order chi connectivity index (χ0) is 16.2. The smallest absolute Gasteiger partial charge is 0.409 e. The van der Waals surface area contributed by atoms with E-state index in [1.165, 1.54) is 10.6 Å². The van der Waals surface area contributed by atoms with E-state index in [4.69, 9.17) is 4.74 Å². The molecule has 1 aliphatic heterocycles. The van der Waals surface area contributed by atoms with Gasteiger partial charge in [0.25, 0.3) is 0 Å². The van der Waals surface area contributed by atoms with Crippen LogP contribution in [0.25, 0.3) is 0 Å². The van der Waals surface area contributed by atoms with E-state index < -0.39 is 0 Å². The number of carbonyl (C=O) groups is 2. The Hall–Kier alpha value is -1.63. The van der Waals surface area contributed by atoms with Crippen molar-refractivity contribution in [3.05, 3.63) is 16.1 Å². The number of aryl methyl sites for hydroxylation is 1. The minimum absolute atomic E-state index is 0.0611. The van der Waals surface area contributed by atoms with Gasteiger partial charge < -0.3 is 15.0 Å².